The van der Waals surface area contributed by atoms with Crippen LogP contribution in [0.2, 0.25) is 5.04 Å². The van der Waals surface area contributed by atoms with E-state index in [1.165, 1.54) is 24.3 Å². The molecule has 7 aromatic carbocycles. The van der Waals surface area contributed by atoms with Gasteiger partial charge in [0.2, 0.25) is 0 Å². The van der Waals surface area contributed by atoms with Gasteiger partial charge in [-0.1, -0.05) is 185 Å². The van der Waals surface area contributed by atoms with Gasteiger partial charge in [-0.15, -0.1) is 0 Å². The van der Waals surface area contributed by atoms with Gasteiger partial charge >= 0.3 is 23.9 Å². The molecule has 9 rings (SSSR count). The molecule has 0 saturated carbocycles. The molecule has 79 heavy (non-hydrogen) atoms. The van der Waals surface area contributed by atoms with Crippen LogP contribution in [0.3, 0.4) is 0 Å². The number of carbonyl (C=O) groups is 4. The van der Waals surface area contributed by atoms with Gasteiger partial charge in [0.1, 0.15) is 37.1 Å². The summed E-state index contributed by atoms with van der Waals surface area (Å²) in [7, 11) is -3.34. The predicted molar refractivity (Wildman–Crippen MR) is 293 cm³/mol. The summed E-state index contributed by atoms with van der Waals surface area (Å²) in [5.74, 6) is -3.38. The van der Waals surface area contributed by atoms with Crippen molar-refractivity contribution < 1.29 is 71.7 Å². The van der Waals surface area contributed by atoms with Crippen LogP contribution in [-0.2, 0) is 48.9 Å². The lowest BCUT2D eigenvalue weighted by molar-refractivity contribution is -0.358. The summed E-state index contributed by atoms with van der Waals surface area (Å²) in [6.45, 7) is 5.25. The summed E-state index contributed by atoms with van der Waals surface area (Å²) >= 11 is 0. The molecule has 2 aliphatic heterocycles. The van der Waals surface area contributed by atoms with Gasteiger partial charge in [-0.3, -0.25) is 0 Å². The van der Waals surface area contributed by atoms with E-state index in [0.29, 0.717) is 5.56 Å². The van der Waals surface area contributed by atoms with Gasteiger partial charge in [-0.25, -0.2) is 19.2 Å². The summed E-state index contributed by atoms with van der Waals surface area (Å²) in [4.78, 5) is 56.7. The lowest BCUT2D eigenvalue weighted by Crippen LogP contribution is -2.69. The van der Waals surface area contributed by atoms with Crippen molar-refractivity contribution in [2.45, 2.75) is 93.8 Å². The number of hydrogen-bond acceptors (Lipinski definition) is 15. The zero-order valence-electron chi connectivity index (χ0n) is 43.8. The number of carbonyl (C=O) groups excluding carboxylic acids is 4. The van der Waals surface area contributed by atoms with Crippen LogP contribution in [0.15, 0.2) is 212 Å². The lowest BCUT2D eigenvalue weighted by Gasteiger charge is -2.49. The van der Waals surface area contributed by atoms with Gasteiger partial charge in [-0.2, -0.15) is 0 Å². The van der Waals surface area contributed by atoms with Gasteiger partial charge in [0.15, 0.2) is 30.9 Å². The van der Waals surface area contributed by atoms with Crippen LogP contribution >= 0.6 is 0 Å². The predicted octanol–water partition coefficient (Wildman–Crippen LogP) is 7.87. The number of aliphatic hydroxyl groups is 2. The highest BCUT2D eigenvalue weighted by molar-refractivity contribution is 6.99. The molecule has 2 fully saturated rings. The van der Waals surface area contributed by atoms with Crippen molar-refractivity contribution in [1.29, 1.82) is 0 Å². The molecule has 2 saturated heterocycles. The lowest BCUT2D eigenvalue weighted by atomic mass is 9.96. The Morgan fingerprint density at radius 1 is 0.443 bits per heavy atom. The van der Waals surface area contributed by atoms with Crippen LogP contribution in [-0.4, -0.2) is 117 Å². The van der Waals surface area contributed by atoms with E-state index in [-0.39, 0.29) is 35.5 Å². The Bertz CT molecular complexity index is 3020. The van der Waals surface area contributed by atoms with Gasteiger partial charge in [-0.05, 0) is 69.5 Å². The van der Waals surface area contributed by atoms with E-state index in [0.717, 1.165) is 10.4 Å². The number of benzene rings is 7. The average molecular weight is 1090 g/mol. The molecule has 0 bridgehead atoms. The molecular formula is C63H62O15Si. The summed E-state index contributed by atoms with van der Waals surface area (Å²) in [6.07, 6.45) is -16.7. The summed E-state index contributed by atoms with van der Waals surface area (Å²) in [6, 6.07) is 61.1. The second-order valence-corrected chi connectivity index (χ2v) is 24.4. The van der Waals surface area contributed by atoms with E-state index in [2.05, 4.69) is 20.8 Å². The first-order chi connectivity index (χ1) is 38.3. The highest BCUT2D eigenvalue weighted by atomic mass is 28.4. The Morgan fingerprint density at radius 2 is 0.835 bits per heavy atom. The molecule has 0 unspecified atom stereocenters. The molecule has 2 aliphatic rings. The van der Waals surface area contributed by atoms with E-state index in [9.17, 15) is 29.4 Å². The van der Waals surface area contributed by atoms with E-state index in [1.54, 1.807) is 97.1 Å². The molecule has 408 valence electrons. The minimum atomic E-state index is -3.34. The van der Waals surface area contributed by atoms with E-state index < -0.39 is 105 Å². The third-order valence-corrected chi connectivity index (χ3v) is 18.8. The molecule has 0 spiro atoms. The SMILES string of the molecule is CC(C)(C)[Si](OC[C@H]1O[C@@H](O[C@H]2[C@H](OC(=O)c3ccccc3)[C@@H](OC(=O)c3ccccc3)[C@H](OCc3ccccc3)O[C@@H]2COC(=O)c2ccccc2)[C@H](OC(=O)c2ccccc2)[C@@H](O)[C@H]1O)(c1ccccc1)c1ccccc1. The van der Waals surface area contributed by atoms with Crippen molar-refractivity contribution >= 4 is 42.6 Å². The first kappa shape index (κ1) is 56.1. The monoisotopic (exact) mass is 1090 g/mol. The molecular weight excluding hydrogens is 1020 g/mol. The molecule has 2 heterocycles. The Balaban J connectivity index is 1.15. The molecule has 10 atom stereocenters. The molecule has 0 radical (unpaired) electrons. The molecule has 0 aliphatic carbocycles. The van der Waals surface area contributed by atoms with E-state index in [4.69, 9.17) is 42.3 Å². The van der Waals surface area contributed by atoms with Gasteiger partial charge in [0, 0.05) is 0 Å². The third-order valence-electron chi connectivity index (χ3n) is 13.8. The van der Waals surface area contributed by atoms with Crippen molar-refractivity contribution in [1.82, 2.24) is 0 Å². The fraction of sp³-hybridized carbons (Fsp3) is 0.270. The quantitative estimate of drug-likeness (QED) is 0.0451. The van der Waals surface area contributed by atoms with Crippen LogP contribution < -0.4 is 10.4 Å². The summed E-state index contributed by atoms with van der Waals surface area (Å²) in [5, 5.41) is 25.9. The van der Waals surface area contributed by atoms with Gasteiger partial charge in [0.25, 0.3) is 8.32 Å². The van der Waals surface area contributed by atoms with Crippen LogP contribution in [0.1, 0.15) is 67.8 Å². The van der Waals surface area contributed by atoms with Crippen LogP contribution in [0.5, 0.6) is 0 Å². The minimum Gasteiger partial charge on any atom is -0.459 e. The number of esters is 4. The maximum absolute atomic E-state index is 14.5. The van der Waals surface area contributed by atoms with Gasteiger partial charge in [0.05, 0.1) is 35.5 Å². The maximum Gasteiger partial charge on any atom is 0.338 e. The second-order valence-electron chi connectivity index (χ2n) is 20.1. The van der Waals surface area contributed by atoms with Crippen LogP contribution in [0.25, 0.3) is 0 Å². The van der Waals surface area contributed by atoms with Crippen molar-refractivity contribution in [3.05, 3.63) is 240 Å². The number of rotatable bonds is 19. The number of aliphatic hydroxyl groups excluding tert-OH is 2. The highest BCUT2D eigenvalue weighted by Gasteiger charge is 2.57. The second kappa shape index (κ2) is 25.9. The van der Waals surface area contributed by atoms with Crippen LogP contribution in [0.4, 0.5) is 0 Å². The molecule has 0 amide bonds. The molecule has 2 N–H and O–H groups in total. The maximum atomic E-state index is 14.5. The normalized spacial score (nSPS) is 23.2. The third kappa shape index (κ3) is 13.3. The Labute approximate surface area is 459 Å². The molecule has 15 nitrogen and oxygen atoms in total. The van der Waals surface area contributed by atoms with E-state index in [1.807, 2.05) is 91.0 Å². The smallest absolute Gasteiger partial charge is 0.338 e. The van der Waals surface area contributed by atoms with Crippen molar-refractivity contribution in [3.8, 4) is 0 Å². The number of hydrogen-bond donors (Lipinski definition) is 2. The minimum absolute atomic E-state index is 0.0906. The van der Waals surface area contributed by atoms with Crippen molar-refractivity contribution in [2.75, 3.05) is 13.2 Å². The topological polar surface area (TPSA) is 192 Å². The highest BCUT2D eigenvalue weighted by Crippen LogP contribution is 2.39. The fourth-order valence-corrected chi connectivity index (χ4v) is 14.4. The molecule has 0 aromatic heterocycles. The van der Waals surface area contributed by atoms with Crippen molar-refractivity contribution in [2.24, 2.45) is 0 Å². The standard InChI is InChI=1S/C63H62O15Si/c1-63(2,3)79(47-35-21-9-22-36-47,48-37-23-10-24-38-48)72-41-49-51(64)52(65)54(75-58(67)44-29-15-6-16-30-44)62(73-49)78-53-50(40-70-57(66)43-27-13-5-14-28-43)74-61(71-39-42-25-11-4-12-26-42)56(77-60(69)46-33-19-8-20-34-46)55(53)76-59(68)45-31-17-7-18-32-45/h4-38,49-56,61-62,64-65H,39-41H2,1-3H3/t49-,50-,51+,52+,53-,54-,55+,56-,61-,62+/m1/s1. The average Bonchev–Trinajstić information content (AvgIpc) is 3.49. The largest absolute Gasteiger partial charge is 0.459 e. The van der Waals surface area contributed by atoms with E-state index >= 15 is 0 Å². The zero-order valence-corrected chi connectivity index (χ0v) is 44.8. The zero-order chi connectivity index (χ0) is 55.4. The first-order valence-corrected chi connectivity index (χ1v) is 27.9. The van der Waals surface area contributed by atoms with Gasteiger partial charge < -0.3 is 52.5 Å². The van der Waals surface area contributed by atoms with Crippen molar-refractivity contribution in [3.63, 3.8) is 0 Å². The van der Waals surface area contributed by atoms with Crippen LogP contribution in [0, 0.1) is 0 Å². The Kier molecular flexibility index (Phi) is 18.4. The Morgan fingerprint density at radius 3 is 1.29 bits per heavy atom. The molecule has 7 aromatic rings. The number of ether oxygens (including phenoxy) is 8. The Hall–Kier alpha value is -7.64. The first-order valence-electron chi connectivity index (χ1n) is 26.0. The summed E-state index contributed by atoms with van der Waals surface area (Å²) in [5.41, 5.74) is 1.27. The summed E-state index contributed by atoms with van der Waals surface area (Å²) < 4.78 is 58.9. The fourth-order valence-electron chi connectivity index (χ4n) is 9.84. The molecule has 16 heteroatoms.